The maximum Gasteiger partial charge on any atom is 0.325 e. The maximum absolute atomic E-state index is 12.1. The summed E-state index contributed by atoms with van der Waals surface area (Å²) in [6, 6.07) is -0.346. The number of hydrogen-bond acceptors (Lipinski definition) is 4. The fourth-order valence-corrected chi connectivity index (χ4v) is 2.29. The Morgan fingerprint density at radius 1 is 1.53 bits per heavy atom. The van der Waals surface area contributed by atoms with Crippen molar-refractivity contribution in [2.75, 3.05) is 13.7 Å². The molecule has 0 saturated carbocycles. The highest BCUT2D eigenvalue weighted by molar-refractivity contribution is 5.86. The average molecular weight is 242 g/mol. The van der Waals surface area contributed by atoms with E-state index in [0.717, 1.165) is 25.7 Å². The van der Waals surface area contributed by atoms with E-state index < -0.39 is 6.04 Å². The van der Waals surface area contributed by atoms with Crippen LogP contribution >= 0.6 is 0 Å². The van der Waals surface area contributed by atoms with Crippen molar-refractivity contribution in [1.82, 2.24) is 4.90 Å². The first kappa shape index (κ1) is 14.0. The van der Waals surface area contributed by atoms with Crippen LogP contribution in [0.5, 0.6) is 0 Å². The number of amides is 1. The largest absolute Gasteiger partial charge is 0.468 e. The minimum absolute atomic E-state index is 0.0215. The zero-order valence-corrected chi connectivity index (χ0v) is 10.6. The van der Waals surface area contributed by atoms with E-state index in [1.54, 1.807) is 4.90 Å². The summed E-state index contributed by atoms with van der Waals surface area (Å²) in [5, 5.41) is 0. The number of hydrogen-bond donors (Lipinski definition) is 1. The molecule has 1 amide bonds. The number of nitrogens with zero attached hydrogens (tertiary/aromatic N) is 1. The molecule has 98 valence electrons. The zero-order valence-electron chi connectivity index (χ0n) is 10.6. The van der Waals surface area contributed by atoms with Gasteiger partial charge in [-0.05, 0) is 25.7 Å². The van der Waals surface area contributed by atoms with Gasteiger partial charge in [0.2, 0.25) is 5.91 Å². The second-order valence-corrected chi connectivity index (χ2v) is 4.52. The number of rotatable bonds is 4. The molecule has 0 bridgehead atoms. The van der Waals surface area contributed by atoms with Gasteiger partial charge in [0.1, 0.15) is 6.54 Å². The molecule has 17 heavy (non-hydrogen) atoms. The summed E-state index contributed by atoms with van der Waals surface area (Å²) in [6.07, 6.45) is 4.47. The third kappa shape index (κ3) is 3.70. The predicted octanol–water partition coefficient (Wildman–Crippen LogP) is 0.668. The predicted molar refractivity (Wildman–Crippen MR) is 64.3 cm³/mol. The van der Waals surface area contributed by atoms with Crippen LogP contribution in [0, 0.1) is 0 Å². The zero-order chi connectivity index (χ0) is 12.8. The summed E-state index contributed by atoms with van der Waals surface area (Å²) in [5.41, 5.74) is 5.80. The molecule has 1 aliphatic rings. The summed E-state index contributed by atoms with van der Waals surface area (Å²) in [4.78, 5) is 25.0. The molecule has 2 atom stereocenters. The molecule has 1 fully saturated rings. The Balaban J connectivity index is 2.78. The molecule has 1 saturated heterocycles. The quantitative estimate of drug-likeness (QED) is 0.735. The third-order valence-electron chi connectivity index (χ3n) is 3.24. The Bertz CT molecular complexity index is 281. The Morgan fingerprint density at radius 3 is 2.82 bits per heavy atom. The van der Waals surface area contributed by atoms with Crippen LogP contribution in [-0.2, 0) is 14.3 Å². The number of carbonyl (C=O) groups is 2. The lowest BCUT2D eigenvalue weighted by Gasteiger charge is -2.30. The first-order chi connectivity index (χ1) is 8.10. The highest BCUT2D eigenvalue weighted by Gasteiger charge is 2.31. The first-order valence-electron chi connectivity index (χ1n) is 6.23. The summed E-state index contributed by atoms with van der Waals surface area (Å²) >= 11 is 0. The van der Waals surface area contributed by atoms with Gasteiger partial charge in [0.15, 0.2) is 0 Å². The highest BCUT2D eigenvalue weighted by atomic mass is 16.5. The maximum atomic E-state index is 12.1. The molecule has 1 heterocycles. The van der Waals surface area contributed by atoms with Crippen LogP contribution in [-0.4, -0.2) is 42.5 Å². The molecule has 0 radical (unpaired) electrons. The Morgan fingerprint density at radius 2 is 2.24 bits per heavy atom. The topological polar surface area (TPSA) is 72.6 Å². The van der Waals surface area contributed by atoms with Gasteiger partial charge in [0.05, 0.1) is 13.2 Å². The summed E-state index contributed by atoms with van der Waals surface area (Å²) in [5.74, 6) is -0.500. The van der Waals surface area contributed by atoms with Crippen LogP contribution in [0.4, 0.5) is 0 Å². The van der Waals surface area contributed by atoms with Crippen molar-refractivity contribution >= 4 is 11.9 Å². The second-order valence-electron chi connectivity index (χ2n) is 4.52. The van der Waals surface area contributed by atoms with E-state index in [4.69, 9.17) is 5.73 Å². The molecule has 0 aromatic rings. The van der Waals surface area contributed by atoms with Crippen molar-refractivity contribution < 1.29 is 14.3 Å². The number of methoxy groups -OCH3 is 1. The van der Waals surface area contributed by atoms with Gasteiger partial charge < -0.3 is 15.4 Å². The average Bonchev–Trinajstić information content (AvgIpc) is 2.44. The van der Waals surface area contributed by atoms with Gasteiger partial charge in [0.25, 0.3) is 0 Å². The summed E-state index contributed by atoms with van der Waals surface area (Å²) in [6.45, 7) is 2.10. The van der Waals surface area contributed by atoms with Gasteiger partial charge in [-0.2, -0.15) is 0 Å². The van der Waals surface area contributed by atoms with Crippen LogP contribution in [0.3, 0.4) is 0 Å². The van der Waals surface area contributed by atoms with Gasteiger partial charge in [0, 0.05) is 6.04 Å². The van der Waals surface area contributed by atoms with E-state index in [-0.39, 0.29) is 24.5 Å². The summed E-state index contributed by atoms with van der Waals surface area (Å²) < 4.78 is 4.63. The number of esters is 1. The van der Waals surface area contributed by atoms with Gasteiger partial charge in [-0.1, -0.05) is 13.3 Å². The SMILES string of the molecule is CCC[C@H]1CCC[C@H](N)C(=O)N1CC(=O)OC. The minimum atomic E-state index is -0.471. The lowest BCUT2D eigenvalue weighted by molar-refractivity contribution is -0.148. The Kier molecular flexibility index (Phi) is 5.41. The van der Waals surface area contributed by atoms with Crippen molar-refractivity contribution in [3.8, 4) is 0 Å². The number of nitrogens with two attached hydrogens (primary N) is 1. The van der Waals surface area contributed by atoms with E-state index in [9.17, 15) is 9.59 Å². The van der Waals surface area contributed by atoms with E-state index >= 15 is 0 Å². The lowest BCUT2D eigenvalue weighted by Crippen LogP contribution is -2.48. The van der Waals surface area contributed by atoms with Gasteiger partial charge in [-0.3, -0.25) is 9.59 Å². The third-order valence-corrected chi connectivity index (χ3v) is 3.24. The van der Waals surface area contributed by atoms with Crippen molar-refractivity contribution in [3.05, 3.63) is 0 Å². The number of ether oxygens (including phenoxy) is 1. The molecule has 1 rings (SSSR count). The van der Waals surface area contributed by atoms with Crippen LogP contribution in [0.2, 0.25) is 0 Å². The Hall–Kier alpha value is -1.10. The monoisotopic (exact) mass is 242 g/mol. The molecular formula is C12H22N2O3. The van der Waals surface area contributed by atoms with Crippen molar-refractivity contribution in [1.29, 1.82) is 0 Å². The van der Waals surface area contributed by atoms with Crippen molar-refractivity contribution in [2.45, 2.75) is 51.1 Å². The molecule has 0 aromatic carbocycles. The van der Waals surface area contributed by atoms with Crippen LogP contribution < -0.4 is 5.73 Å². The normalized spacial score (nSPS) is 25.6. The molecule has 1 aliphatic heterocycles. The number of carbonyl (C=O) groups excluding carboxylic acids is 2. The molecule has 0 unspecified atom stereocenters. The second kappa shape index (κ2) is 6.59. The smallest absolute Gasteiger partial charge is 0.325 e. The molecular weight excluding hydrogens is 220 g/mol. The fraction of sp³-hybridized carbons (Fsp3) is 0.833. The molecule has 0 spiro atoms. The molecule has 0 aromatic heterocycles. The van der Waals surface area contributed by atoms with Crippen LogP contribution in [0.1, 0.15) is 39.0 Å². The number of likely N-dealkylation sites (tertiary alicyclic amines) is 1. The molecule has 5 nitrogen and oxygen atoms in total. The van der Waals surface area contributed by atoms with Gasteiger partial charge in [-0.15, -0.1) is 0 Å². The fourth-order valence-electron chi connectivity index (χ4n) is 2.29. The molecule has 5 heteroatoms. The molecule has 0 aliphatic carbocycles. The van der Waals surface area contributed by atoms with Gasteiger partial charge in [-0.25, -0.2) is 0 Å². The van der Waals surface area contributed by atoms with Crippen LogP contribution in [0.15, 0.2) is 0 Å². The van der Waals surface area contributed by atoms with E-state index in [1.165, 1.54) is 7.11 Å². The van der Waals surface area contributed by atoms with Crippen molar-refractivity contribution in [2.24, 2.45) is 5.73 Å². The Labute approximate surface area is 102 Å². The minimum Gasteiger partial charge on any atom is -0.468 e. The highest BCUT2D eigenvalue weighted by Crippen LogP contribution is 2.20. The van der Waals surface area contributed by atoms with Crippen LogP contribution in [0.25, 0.3) is 0 Å². The lowest BCUT2D eigenvalue weighted by atomic mass is 10.0. The van der Waals surface area contributed by atoms with E-state index in [1.807, 2.05) is 0 Å². The van der Waals surface area contributed by atoms with E-state index in [0.29, 0.717) is 6.42 Å². The summed E-state index contributed by atoms with van der Waals surface area (Å²) in [7, 11) is 1.33. The first-order valence-corrected chi connectivity index (χ1v) is 6.23. The van der Waals surface area contributed by atoms with Gasteiger partial charge >= 0.3 is 5.97 Å². The standard InChI is InChI=1S/C12H22N2O3/c1-3-5-9-6-4-7-10(13)12(16)14(9)8-11(15)17-2/h9-10H,3-8,13H2,1-2H3/t9-,10-/m0/s1. The van der Waals surface area contributed by atoms with E-state index in [2.05, 4.69) is 11.7 Å². The van der Waals surface area contributed by atoms with Crippen molar-refractivity contribution in [3.63, 3.8) is 0 Å². The molecule has 2 N–H and O–H groups in total.